The van der Waals surface area contributed by atoms with Crippen LogP contribution in [0.1, 0.15) is 56.7 Å². The molecule has 0 atom stereocenters. The van der Waals surface area contributed by atoms with Gasteiger partial charge in [0.25, 0.3) is 0 Å². The van der Waals surface area contributed by atoms with Gasteiger partial charge in [-0.2, -0.15) is 0 Å². The van der Waals surface area contributed by atoms with Crippen molar-refractivity contribution in [3.8, 4) is 22.5 Å². The zero-order chi connectivity index (χ0) is 30.5. The fourth-order valence-corrected chi connectivity index (χ4v) is 7.40. The van der Waals surface area contributed by atoms with Gasteiger partial charge >= 0.3 is 0 Å². The van der Waals surface area contributed by atoms with Gasteiger partial charge in [-0.05, 0) is 81.2 Å². The SMILES string of the molecule is CC(C)n1cnc2cc3nc(-c4ccccc4)c(-c4ccc(CC5CCC(N6C(=O)Cc7ccccc76)CC5)cc4)nc3cc21. The smallest absolute Gasteiger partial charge is 0.231 e. The summed E-state index contributed by atoms with van der Waals surface area (Å²) in [6.07, 6.45) is 7.94. The van der Waals surface area contributed by atoms with Crippen LogP contribution in [-0.4, -0.2) is 31.5 Å². The van der Waals surface area contributed by atoms with Crippen LogP contribution >= 0.6 is 0 Å². The summed E-state index contributed by atoms with van der Waals surface area (Å²) in [7, 11) is 0. The minimum Gasteiger partial charge on any atom is -0.328 e. The summed E-state index contributed by atoms with van der Waals surface area (Å²) < 4.78 is 2.19. The molecule has 6 heteroatoms. The molecule has 1 amide bonds. The lowest BCUT2D eigenvalue weighted by Crippen LogP contribution is -2.40. The highest BCUT2D eigenvalue weighted by molar-refractivity contribution is 6.02. The van der Waals surface area contributed by atoms with Crippen LogP contribution in [0.3, 0.4) is 0 Å². The van der Waals surface area contributed by atoms with E-state index in [1.165, 1.54) is 11.1 Å². The quantitative estimate of drug-likeness (QED) is 0.195. The van der Waals surface area contributed by atoms with Gasteiger partial charge in [0.2, 0.25) is 5.91 Å². The molecule has 3 heterocycles. The number of hydrogen-bond acceptors (Lipinski definition) is 4. The average molecular weight is 592 g/mol. The third-order valence-corrected chi connectivity index (χ3v) is 9.76. The number of carbonyl (C=O) groups is 1. The maximum absolute atomic E-state index is 12.8. The van der Waals surface area contributed by atoms with Crippen molar-refractivity contribution in [2.45, 2.75) is 64.5 Å². The highest BCUT2D eigenvalue weighted by Crippen LogP contribution is 2.38. The molecule has 4 aromatic carbocycles. The van der Waals surface area contributed by atoms with Crippen molar-refractivity contribution in [1.29, 1.82) is 0 Å². The van der Waals surface area contributed by atoms with Gasteiger partial charge in [-0.1, -0.05) is 72.8 Å². The largest absolute Gasteiger partial charge is 0.328 e. The van der Waals surface area contributed by atoms with E-state index in [1.807, 2.05) is 24.5 Å². The molecule has 0 saturated heterocycles. The maximum Gasteiger partial charge on any atom is 0.231 e. The van der Waals surface area contributed by atoms with Crippen molar-refractivity contribution in [1.82, 2.24) is 19.5 Å². The number of imidazole rings is 1. The first-order valence-corrected chi connectivity index (χ1v) is 16.2. The number of carbonyl (C=O) groups excluding carboxylic acids is 1. The van der Waals surface area contributed by atoms with Crippen LogP contribution in [0.15, 0.2) is 97.3 Å². The van der Waals surface area contributed by atoms with E-state index in [4.69, 9.17) is 9.97 Å². The lowest BCUT2D eigenvalue weighted by atomic mass is 9.81. The van der Waals surface area contributed by atoms with E-state index in [-0.39, 0.29) is 5.91 Å². The topological polar surface area (TPSA) is 63.9 Å². The number of para-hydroxylation sites is 1. The van der Waals surface area contributed by atoms with Crippen LogP contribution in [0.25, 0.3) is 44.6 Å². The van der Waals surface area contributed by atoms with Crippen LogP contribution in [-0.2, 0) is 17.6 Å². The number of benzene rings is 4. The molecule has 45 heavy (non-hydrogen) atoms. The monoisotopic (exact) mass is 591 g/mol. The Labute approximate surface area is 263 Å². The third kappa shape index (κ3) is 5.08. The summed E-state index contributed by atoms with van der Waals surface area (Å²) >= 11 is 0. The molecule has 0 spiro atoms. The summed E-state index contributed by atoms with van der Waals surface area (Å²) in [4.78, 5) is 30.0. The Kier molecular flexibility index (Phi) is 6.93. The molecular formula is C39H37N5O. The summed E-state index contributed by atoms with van der Waals surface area (Å²) in [5.74, 6) is 0.894. The van der Waals surface area contributed by atoms with Gasteiger partial charge in [-0.15, -0.1) is 0 Å². The molecule has 0 radical (unpaired) electrons. The Morgan fingerprint density at radius 1 is 0.756 bits per heavy atom. The van der Waals surface area contributed by atoms with E-state index in [2.05, 4.69) is 101 Å². The molecule has 0 bridgehead atoms. The molecule has 6 aromatic rings. The summed E-state index contributed by atoms with van der Waals surface area (Å²) in [6, 6.07) is 32.4. The molecule has 0 N–H and O–H groups in total. The normalized spacial score (nSPS) is 18.3. The fraction of sp³-hybridized carbons (Fsp3) is 0.282. The van der Waals surface area contributed by atoms with Crippen LogP contribution in [0.2, 0.25) is 0 Å². The molecule has 0 unspecified atom stereocenters. The first-order chi connectivity index (χ1) is 22.0. The molecule has 1 aliphatic carbocycles. The van der Waals surface area contributed by atoms with E-state index >= 15 is 0 Å². The van der Waals surface area contributed by atoms with Crippen molar-refractivity contribution in [2.75, 3.05) is 4.90 Å². The first kappa shape index (κ1) is 27.7. The van der Waals surface area contributed by atoms with Crippen LogP contribution in [0, 0.1) is 5.92 Å². The maximum atomic E-state index is 12.8. The van der Waals surface area contributed by atoms with E-state index in [0.29, 0.717) is 24.4 Å². The lowest BCUT2D eigenvalue weighted by molar-refractivity contribution is -0.118. The number of rotatable bonds is 6. The zero-order valence-corrected chi connectivity index (χ0v) is 25.9. The molecule has 2 aliphatic rings. The minimum absolute atomic E-state index is 0.261. The van der Waals surface area contributed by atoms with Gasteiger partial charge in [0.1, 0.15) is 0 Å². The van der Waals surface area contributed by atoms with Gasteiger partial charge < -0.3 is 9.47 Å². The molecule has 8 rings (SSSR count). The highest BCUT2D eigenvalue weighted by Gasteiger charge is 2.35. The summed E-state index contributed by atoms with van der Waals surface area (Å²) in [5, 5.41) is 0. The molecule has 1 fully saturated rings. The van der Waals surface area contributed by atoms with Gasteiger partial charge in [-0.3, -0.25) is 4.79 Å². The molecule has 2 aromatic heterocycles. The number of hydrogen-bond donors (Lipinski definition) is 0. The summed E-state index contributed by atoms with van der Waals surface area (Å²) in [6.45, 7) is 4.34. The Bertz CT molecular complexity index is 2020. The van der Waals surface area contributed by atoms with Gasteiger partial charge in [0.05, 0.1) is 46.2 Å². The molecule has 224 valence electrons. The van der Waals surface area contributed by atoms with Crippen LogP contribution < -0.4 is 4.90 Å². The molecule has 6 nitrogen and oxygen atoms in total. The van der Waals surface area contributed by atoms with E-state index < -0.39 is 0 Å². The zero-order valence-electron chi connectivity index (χ0n) is 25.9. The number of anilines is 1. The lowest BCUT2D eigenvalue weighted by Gasteiger charge is -2.35. The predicted octanol–water partition coefficient (Wildman–Crippen LogP) is 8.59. The van der Waals surface area contributed by atoms with E-state index in [1.54, 1.807) is 0 Å². The number of amides is 1. The summed E-state index contributed by atoms with van der Waals surface area (Å²) in [5.41, 5.74) is 11.3. The first-order valence-electron chi connectivity index (χ1n) is 16.2. The Balaban J connectivity index is 1.05. The second-order valence-corrected chi connectivity index (χ2v) is 13.0. The predicted molar refractivity (Wildman–Crippen MR) is 181 cm³/mol. The van der Waals surface area contributed by atoms with Gasteiger partial charge in [0, 0.05) is 28.9 Å². The van der Waals surface area contributed by atoms with Crippen molar-refractivity contribution < 1.29 is 4.79 Å². The van der Waals surface area contributed by atoms with Crippen molar-refractivity contribution in [2.24, 2.45) is 5.92 Å². The standard InChI is InChI=1S/C39H37N5O/c1-25(2)43-24-40-34-22-32-33(23-36(34)43)42-39(38(41-32)28-8-4-3-5-9-28)29-16-12-26(13-17-29)20-27-14-18-31(19-15-27)44-35-11-7-6-10-30(35)21-37(44)45/h3-13,16-17,22-25,27,31H,14-15,18-21H2,1-2H3. The second kappa shape index (κ2) is 11.3. The second-order valence-electron chi connectivity index (χ2n) is 13.0. The molecule has 1 saturated carbocycles. The van der Waals surface area contributed by atoms with Crippen molar-refractivity contribution >= 4 is 33.7 Å². The van der Waals surface area contributed by atoms with Gasteiger partial charge in [0.15, 0.2) is 0 Å². The third-order valence-electron chi connectivity index (χ3n) is 9.76. The Morgan fingerprint density at radius 2 is 1.42 bits per heavy atom. The Hall–Kier alpha value is -4.84. The fourth-order valence-electron chi connectivity index (χ4n) is 7.40. The number of fused-ring (bicyclic) bond motifs is 3. The minimum atomic E-state index is 0.261. The van der Waals surface area contributed by atoms with Crippen LogP contribution in [0.5, 0.6) is 0 Å². The average Bonchev–Trinajstić information content (AvgIpc) is 3.64. The highest BCUT2D eigenvalue weighted by atomic mass is 16.2. The van der Waals surface area contributed by atoms with Crippen LogP contribution in [0.4, 0.5) is 5.69 Å². The van der Waals surface area contributed by atoms with E-state index in [0.717, 1.165) is 82.4 Å². The van der Waals surface area contributed by atoms with Crippen molar-refractivity contribution in [3.05, 3.63) is 108 Å². The van der Waals surface area contributed by atoms with Crippen molar-refractivity contribution in [3.63, 3.8) is 0 Å². The number of aromatic nitrogens is 4. The number of nitrogens with zero attached hydrogens (tertiary/aromatic N) is 5. The molecular weight excluding hydrogens is 554 g/mol. The Morgan fingerprint density at radius 3 is 2.16 bits per heavy atom. The van der Waals surface area contributed by atoms with Gasteiger partial charge in [-0.25, -0.2) is 15.0 Å². The van der Waals surface area contributed by atoms with E-state index in [9.17, 15) is 4.79 Å². The molecule has 1 aliphatic heterocycles.